The molecule has 0 saturated carbocycles. The Morgan fingerprint density at radius 2 is 2.03 bits per heavy atom. The molecule has 0 aliphatic heterocycles. The Labute approximate surface area is 193 Å². The van der Waals surface area contributed by atoms with Gasteiger partial charge in [-0.2, -0.15) is 0 Å². The lowest BCUT2D eigenvalue weighted by molar-refractivity contribution is 0.199. The minimum absolute atomic E-state index is 0.0168. The standard InChI is InChI=1S/C23H21FN4O4S/c1-31-9-8-25-12-14-2-4-17(27-13-14)21-11-18-22(33-21)20(6-7-26-18)32-19-5-3-15(10-16(19)24)28-23(29)30/h2-7,10-11,13,25,28H,8-9,12H2,1H3,(H,29,30). The number of hydrogen-bond acceptors (Lipinski definition) is 7. The highest BCUT2D eigenvalue weighted by molar-refractivity contribution is 7.22. The maximum absolute atomic E-state index is 14.4. The Kier molecular flexibility index (Phi) is 7.08. The average Bonchev–Trinajstić information content (AvgIpc) is 3.24. The number of fused-ring (bicyclic) bond motifs is 1. The van der Waals surface area contributed by atoms with E-state index >= 15 is 0 Å². The van der Waals surface area contributed by atoms with Crippen molar-refractivity contribution in [3.8, 4) is 22.1 Å². The van der Waals surface area contributed by atoms with E-state index in [9.17, 15) is 9.18 Å². The van der Waals surface area contributed by atoms with Crippen molar-refractivity contribution in [1.29, 1.82) is 0 Å². The Hall–Kier alpha value is -3.60. The summed E-state index contributed by atoms with van der Waals surface area (Å²) in [6, 6.07) is 11.4. The minimum atomic E-state index is -1.27. The predicted molar refractivity (Wildman–Crippen MR) is 125 cm³/mol. The fourth-order valence-corrected chi connectivity index (χ4v) is 4.15. The molecule has 3 heterocycles. The van der Waals surface area contributed by atoms with Crippen LogP contribution in [0.3, 0.4) is 0 Å². The zero-order valence-corrected chi connectivity index (χ0v) is 18.5. The van der Waals surface area contributed by atoms with Crippen molar-refractivity contribution in [1.82, 2.24) is 15.3 Å². The van der Waals surface area contributed by atoms with Crippen molar-refractivity contribution in [3.05, 3.63) is 66.2 Å². The molecule has 0 atom stereocenters. The summed E-state index contributed by atoms with van der Waals surface area (Å²) in [6.07, 6.45) is 2.15. The van der Waals surface area contributed by atoms with Crippen molar-refractivity contribution in [2.45, 2.75) is 6.54 Å². The molecular formula is C23H21FN4O4S. The number of nitrogens with zero attached hydrogens (tertiary/aromatic N) is 2. The molecule has 0 fully saturated rings. The summed E-state index contributed by atoms with van der Waals surface area (Å²) in [5.74, 6) is -0.246. The number of carboxylic acid groups (broad SMARTS) is 1. The van der Waals surface area contributed by atoms with Gasteiger partial charge in [0, 0.05) is 50.4 Å². The van der Waals surface area contributed by atoms with Crippen LogP contribution in [0.15, 0.2) is 54.9 Å². The number of ether oxygens (including phenoxy) is 2. The highest BCUT2D eigenvalue weighted by Crippen LogP contribution is 2.39. The number of nitrogens with one attached hydrogen (secondary N) is 2. The van der Waals surface area contributed by atoms with Crippen molar-refractivity contribution < 1.29 is 23.8 Å². The van der Waals surface area contributed by atoms with Crippen LogP contribution in [0.5, 0.6) is 11.5 Å². The molecule has 1 amide bonds. The Morgan fingerprint density at radius 3 is 2.76 bits per heavy atom. The van der Waals surface area contributed by atoms with E-state index in [1.165, 1.54) is 23.5 Å². The van der Waals surface area contributed by atoms with Gasteiger partial charge in [-0.1, -0.05) is 6.07 Å². The molecule has 3 aromatic heterocycles. The van der Waals surface area contributed by atoms with Gasteiger partial charge in [0.05, 0.1) is 27.4 Å². The lowest BCUT2D eigenvalue weighted by Crippen LogP contribution is -2.18. The van der Waals surface area contributed by atoms with Gasteiger partial charge in [-0.05, 0) is 29.8 Å². The van der Waals surface area contributed by atoms with Crippen LogP contribution in [0, 0.1) is 5.82 Å². The second-order valence-corrected chi connectivity index (χ2v) is 8.08. The van der Waals surface area contributed by atoms with Gasteiger partial charge in [0.15, 0.2) is 11.6 Å². The van der Waals surface area contributed by atoms with Gasteiger partial charge in [0.1, 0.15) is 5.75 Å². The zero-order valence-electron chi connectivity index (χ0n) is 17.7. The molecule has 0 unspecified atom stereocenters. The SMILES string of the molecule is COCCNCc1ccc(-c2cc3nccc(Oc4ccc(NC(=O)O)cc4F)c3s2)nc1. The highest BCUT2D eigenvalue weighted by Gasteiger charge is 2.14. The van der Waals surface area contributed by atoms with E-state index in [4.69, 9.17) is 14.6 Å². The summed E-state index contributed by atoms with van der Waals surface area (Å²) in [5, 5.41) is 14.2. The summed E-state index contributed by atoms with van der Waals surface area (Å²) in [5.41, 5.74) is 2.70. The maximum atomic E-state index is 14.4. The van der Waals surface area contributed by atoms with E-state index in [1.807, 2.05) is 24.4 Å². The molecule has 0 spiro atoms. The van der Waals surface area contributed by atoms with Crippen LogP contribution in [-0.2, 0) is 11.3 Å². The molecule has 0 bridgehead atoms. The van der Waals surface area contributed by atoms with Crippen LogP contribution < -0.4 is 15.4 Å². The van der Waals surface area contributed by atoms with Crippen LogP contribution in [0.1, 0.15) is 5.56 Å². The normalized spacial score (nSPS) is 11.0. The Bertz CT molecular complexity index is 1260. The number of anilines is 1. The molecule has 3 N–H and O–H groups in total. The predicted octanol–water partition coefficient (Wildman–Crippen LogP) is 5.12. The van der Waals surface area contributed by atoms with E-state index in [0.29, 0.717) is 24.4 Å². The number of benzene rings is 1. The molecule has 0 aliphatic rings. The lowest BCUT2D eigenvalue weighted by atomic mass is 10.2. The third-order valence-electron chi connectivity index (χ3n) is 4.67. The number of amides is 1. The smallest absolute Gasteiger partial charge is 0.409 e. The van der Waals surface area contributed by atoms with Crippen molar-refractivity contribution in [3.63, 3.8) is 0 Å². The van der Waals surface area contributed by atoms with Gasteiger partial charge in [0.25, 0.3) is 0 Å². The zero-order chi connectivity index (χ0) is 23.2. The first-order valence-electron chi connectivity index (χ1n) is 10.0. The number of halogens is 1. The quantitative estimate of drug-likeness (QED) is 0.293. The summed E-state index contributed by atoms with van der Waals surface area (Å²) in [7, 11) is 1.67. The molecule has 4 rings (SSSR count). The first-order chi connectivity index (χ1) is 16.0. The van der Waals surface area contributed by atoms with E-state index < -0.39 is 11.9 Å². The molecule has 1 aromatic carbocycles. The molecular weight excluding hydrogens is 447 g/mol. The maximum Gasteiger partial charge on any atom is 0.409 e. The van der Waals surface area contributed by atoms with Gasteiger partial charge < -0.3 is 19.9 Å². The van der Waals surface area contributed by atoms with Crippen molar-refractivity contribution in [2.75, 3.05) is 25.6 Å². The molecule has 4 aromatic rings. The van der Waals surface area contributed by atoms with Crippen molar-refractivity contribution in [2.24, 2.45) is 0 Å². The number of aromatic nitrogens is 2. The van der Waals surface area contributed by atoms with Gasteiger partial charge in [-0.15, -0.1) is 11.3 Å². The second-order valence-electron chi connectivity index (χ2n) is 7.03. The fraction of sp³-hybridized carbons (Fsp3) is 0.174. The summed E-state index contributed by atoms with van der Waals surface area (Å²) in [6.45, 7) is 2.12. The first kappa shape index (κ1) is 22.6. The van der Waals surface area contributed by atoms with Crippen LogP contribution in [0.4, 0.5) is 14.9 Å². The number of methoxy groups -OCH3 is 1. The van der Waals surface area contributed by atoms with E-state index in [1.54, 1.807) is 19.4 Å². The molecule has 10 heteroatoms. The lowest BCUT2D eigenvalue weighted by Gasteiger charge is -2.09. The first-order valence-corrected chi connectivity index (χ1v) is 10.9. The molecule has 8 nitrogen and oxygen atoms in total. The van der Waals surface area contributed by atoms with Crippen molar-refractivity contribution >= 4 is 33.3 Å². The van der Waals surface area contributed by atoms with Crippen LogP contribution in [0.25, 0.3) is 20.8 Å². The van der Waals surface area contributed by atoms with Crippen LogP contribution >= 0.6 is 11.3 Å². The molecule has 33 heavy (non-hydrogen) atoms. The largest absolute Gasteiger partial charge is 0.465 e. The monoisotopic (exact) mass is 468 g/mol. The molecule has 0 aliphatic carbocycles. The third-order valence-corrected chi connectivity index (χ3v) is 5.83. The van der Waals surface area contributed by atoms with Gasteiger partial charge in [0.2, 0.25) is 0 Å². The van der Waals surface area contributed by atoms with Gasteiger partial charge in [-0.25, -0.2) is 9.18 Å². The number of carbonyl (C=O) groups is 1. The summed E-state index contributed by atoms with van der Waals surface area (Å²) >= 11 is 1.45. The minimum Gasteiger partial charge on any atom is -0.465 e. The number of thiophene rings is 1. The number of pyridine rings is 2. The third kappa shape index (κ3) is 5.61. The van der Waals surface area contributed by atoms with Gasteiger partial charge in [-0.3, -0.25) is 15.3 Å². The second kappa shape index (κ2) is 10.3. The number of hydrogen-bond donors (Lipinski definition) is 3. The van der Waals surface area contributed by atoms with E-state index in [0.717, 1.165) is 33.4 Å². The van der Waals surface area contributed by atoms with E-state index in [2.05, 4.69) is 20.6 Å². The summed E-state index contributed by atoms with van der Waals surface area (Å²) < 4.78 is 26.0. The van der Waals surface area contributed by atoms with Crippen LogP contribution in [-0.4, -0.2) is 41.4 Å². The van der Waals surface area contributed by atoms with E-state index in [-0.39, 0.29) is 11.4 Å². The van der Waals surface area contributed by atoms with Gasteiger partial charge >= 0.3 is 6.09 Å². The molecule has 0 saturated heterocycles. The highest BCUT2D eigenvalue weighted by atomic mass is 32.1. The Morgan fingerprint density at radius 1 is 1.15 bits per heavy atom. The van der Waals surface area contributed by atoms with Crippen LogP contribution in [0.2, 0.25) is 0 Å². The average molecular weight is 469 g/mol. The number of rotatable bonds is 9. The molecule has 170 valence electrons. The fourth-order valence-electron chi connectivity index (χ4n) is 3.11. The Balaban J connectivity index is 1.53. The summed E-state index contributed by atoms with van der Waals surface area (Å²) in [4.78, 5) is 20.6. The molecule has 0 radical (unpaired) electrons. The topological polar surface area (TPSA) is 106 Å².